The van der Waals surface area contributed by atoms with Crippen molar-refractivity contribution in [1.29, 1.82) is 0 Å². The molecule has 2 heterocycles. The maximum atomic E-state index is 11.2. The summed E-state index contributed by atoms with van der Waals surface area (Å²) in [4.78, 5) is 22.4. The van der Waals surface area contributed by atoms with E-state index in [2.05, 4.69) is 13.2 Å². The minimum atomic E-state index is -0.923. The van der Waals surface area contributed by atoms with Crippen molar-refractivity contribution in [2.24, 2.45) is 11.8 Å². The van der Waals surface area contributed by atoms with E-state index in [0.717, 1.165) is 0 Å². The first kappa shape index (κ1) is 16.5. The van der Waals surface area contributed by atoms with Crippen LogP contribution in [0.15, 0.2) is 37.5 Å². The van der Waals surface area contributed by atoms with Crippen molar-refractivity contribution < 1.29 is 29.3 Å². The van der Waals surface area contributed by atoms with E-state index in [9.17, 15) is 14.7 Å². The Morgan fingerprint density at radius 1 is 0.864 bits per heavy atom. The summed E-state index contributed by atoms with van der Waals surface area (Å²) < 4.78 is 11.2. The van der Waals surface area contributed by atoms with Gasteiger partial charge < -0.3 is 19.7 Å². The number of aliphatic carboxylic acids is 2. The van der Waals surface area contributed by atoms with E-state index in [0.29, 0.717) is 12.8 Å². The number of carbonyl (C=O) groups is 2. The Morgan fingerprint density at radius 3 is 1.91 bits per heavy atom. The lowest BCUT2D eigenvalue weighted by Gasteiger charge is -2.12. The van der Waals surface area contributed by atoms with E-state index in [1.165, 1.54) is 6.08 Å². The van der Waals surface area contributed by atoms with Gasteiger partial charge in [0, 0.05) is 0 Å². The Balaban J connectivity index is 2.02. The van der Waals surface area contributed by atoms with Gasteiger partial charge in [0.2, 0.25) is 0 Å². The average molecular weight is 308 g/mol. The summed E-state index contributed by atoms with van der Waals surface area (Å²) in [7, 11) is 0. The predicted molar refractivity (Wildman–Crippen MR) is 78.3 cm³/mol. The van der Waals surface area contributed by atoms with Crippen LogP contribution in [-0.2, 0) is 19.1 Å². The summed E-state index contributed by atoms with van der Waals surface area (Å²) in [6.07, 6.45) is 5.35. The molecule has 2 rings (SSSR count). The fraction of sp³-hybridized carbons (Fsp3) is 0.500. The van der Waals surface area contributed by atoms with E-state index >= 15 is 0 Å². The van der Waals surface area contributed by atoms with Crippen LogP contribution in [0, 0.1) is 11.8 Å². The highest BCUT2D eigenvalue weighted by atomic mass is 16.5. The molecule has 22 heavy (non-hydrogen) atoms. The molecule has 0 aliphatic carbocycles. The van der Waals surface area contributed by atoms with Gasteiger partial charge in [-0.1, -0.05) is 24.3 Å². The smallest absolute Gasteiger partial charge is 0.309 e. The predicted octanol–water partition coefficient (Wildman–Crippen LogP) is 1.63. The zero-order valence-corrected chi connectivity index (χ0v) is 12.1. The van der Waals surface area contributed by atoms with Gasteiger partial charge in [0.05, 0.1) is 36.3 Å². The summed E-state index contributed by atoms with van der Waals surface area (Å²) in [5, 5.41) is 18.3. The molecule has 2 aliphatic rings. The molecule has 0 aromatic rings. The zero-order valence-electron chi connectivity index (χ0n) is 12.1. The molecule has 0 radical (unpaired) electrons. The Morgan fingerprint density at radius 2 is 1.41 bits per heavy atom. The van der Waals surface area contributed by atoms with E-state index in [4.69, 9.17) is 14.6 Å². The van der Waals surface area contributed by atoms with E-state index in [-0.39, 0.29) is 12.2 Å². The second kappa shape index (κ2) is 6.89. The zero-order chi connectivity index (χ0) is 16.3. The van der Waals surface area contributed by atoms with Gasteiger partial charge >= 0.3 is 11.9 Å². The molecule has 0 amide bonds. The third-order valence-corrected chi connectivity index (χ3v) is 4.07. The first-order valence-corrected chi connectivity index (χ1v) is 7.16. The summed E-state index contributed by atoms with van der Waals surface area (Å²) in [5.74, 6) is -3.11. The van der Waals surface area contributed by atoms with Crippen molar-refractivity contribution in [1.82, 2.24) is 0 Å². The molecule has 6 unspecified atom stereocenters. The number of rotatable bonds is 6. The molecule has 0 spiro atoms. The van der Waals surface area contributed by atoms with E-state index in [1.54, 1.807) is 18.2 Å². The van der Waals surface area contributed by atoms with Crippen LogP contribution in [0.3, 0.4) is 0 Å². The number of hydrogen-bond donors (Lipinski definition) is 2. The average Bonchev–Trinajstić information content (AvgIpc) is 3.08. The standard InChI is InChI=1S/C16H20O6/c1-3-9-7-12(16(19)20)14(21-9)6-5-10-8-11(15(17)18)13(4-2)22-10/h3-6,9-14H,1-2,7-8H2,(H,17,18)(H,19,20)/b6-5-. The normalized spacial score (nSPS) is 38.2. The highest BCUT2D eigenvalue weighted by Gasteiger charge is 2.39. The molecule has 0 saturated carbocycles. The molecule has 0 aromatic carbocycles. The summed E-state index contributed by atoms with van der Waals surface area (Å²) in [5.41, 5.74) is 0. The molecular formula is C16H20O6. The molecule has 0 aromatic heterocycles. The second-order valence-corrected chi connectivity index (χ2v) is 5.50. The van der Waals surface area contributed by atoms with Crippen LogP contribution in [0.2, 0.25) is 0 Å². The molecule has 6 heteroatoms. The molecular weight excluding hydrogens is 288 g/mol. The van der Waals surface area contributed by atoms with E-state index in [1.807, 2.05) is 0 Å². The van der Waals surface area contributed by atoms with Crippen LogP contribution in [0.4, 0.5) is 0 Å². The van der Waals surface area contributed by atoms with Crippen molar-refractivity contribution in [3.8, 4) is 0 Å². The van der Waals surface area contributed by atoms with Crippen LogP contribution in [0.1, 0.15) is 12.8 Å². The van der Waals surface area contributed by atoms with Gasteiger partial charge in [0.25, 0.3) is 0 Å². The molecule has 2 fully saturated rings. The number of hydrogen-bond acceptors (Lipinski definition) is 4. The number of ether oxygens (including phenoxy) is 2. The molecule has 120 valence electrons. The molecule has 6 atom stereocenters. The van der Waals surface area contributed by atoms with Crippen LogP contribution >= 0.6 is 0 Å². The quantitative estimate of drug-likeness (QED) is 0.724. The highest BCUT2D eigenvalue weighted by Crippen LogP contribution is 2.31. The van der Waals surface area contributed by atoms with Crippen LogP contribution in [-0.4, -0.2) is 46.6 Å². The van der Waals surface area contributed by atoms with Gasteiger partial charge in [-0.2, -0.15) is 0 Å². The minimum Gasteiger partial charge on any atom is -0.481 e. The lowest BCUT2D eigenvalue weighted by atomic mass is 9.97. The Hall–Kier alpha value is -1.92. The van der Waals surface area contributed by atoms with Crippen molar-refractivity contribution in [2.45, 2.75) is 37.3 Å². The fourth-order valence-corrected chi connectivity index (χ4v) is 2.86. The topological polar surface area (TPSA) is 93.1 Å². The number of carboxylic acids is 2. The van der Waals surface area contributed by atoms with Gasteiger partial charge in [-0.05, 0) is 12.8 Å². The molecule has 6 nitrogen and oxygen atoms in total. The van der Waals surface area contributed by atoms with Crippen molar-refractivity contribution >= 4 is 11.9 Å². The van der Waals surface area contributed by atoms with Crippen molar-refractivity contribution in [3.63, 3.8) is 0 Å². The van der Waals surface area contributed by atoms with Crippen LogP contribution < -0.4 is 0 Å². The van der Waals surface area contributed by atoms with Crippen LogP contribution in [0.25, 0.3) is 0 Å². The van der Waals surface area contributed by atoms with Gasteiger partial charge in [-0.3, -0.25) is 9.59 Å². The highest BCUT2D eigenvalue weighted by molar-refractivity contribution is 5.72. The van der Waals surface area contributed by atoms with Gasteiger partial charge in [0.15, 0.2) is 0 Å². The first-order valence-electron chi connectivity index (χ1n) is 7.16. The Labute approximate surface area is 128 Å². The number of carboxylic acid groups (broad SMARTS) is 2. The second-order valence-electron chi connectivity index (χ2n) is 5.50. The van der Waals surface area contributed by atoms with Crippen LogP contribution in [0.5, 0.6) is 0 Å². The lowest BCUT2D eigenvalue weighted by molar-refractivity contribution is -0.143. The first-order chi connectivity index (χ1) is 10.5. The Kier molecular flexibility index (Phi) is 5.15. The molecule has 2 saturated heterocycles. The van der Waals surface area contributed by atoms with Crippen molar-refractivity contribution in [3.05, 3.63) is 37.5 Å². The SMILES string of the molecule is C=CC1CC(C(=O)O)C(/C=C\C2CC(C(=O)O)C(C=C)O2)O1. The maximum Gasteiger partial charge on any atom is 0.309 e. The summed E-state index contributed by atoms with van der Waals surface area (Å²) in [6, 6.07) is 0. The molecule has 2 N–H and O–H groups in total. The minimum absolute atomic E-state index is 0.284. The van der Waals surface area contributed by atoms with Gasteiger partial charge in [-0.25, -0.2) is 0 Å². The van der Waals surface area contributed by atoms with Gasteiger partial charge in [0.1, 0.15) is 0 Å². The fourth-order valence-electron chi connectivity index (χ4n) is 2.86. The summed E-state index contributed by atoms with van der Waals surface area (Å²) >= 11 is 0. The monoisotopic (exact) mass is 308 g/mol. The molecule has 0 bridgehead atoms. The largest absolute Gasteiger partial charge is 0.481 e. The maximum absolute atomic E-state index is 11.2. The van der Waals surface area contributed by atoms with E-state index < -0.39 is 36.0 Å². The van der Waals surface area contributed by atoms with Gasteiger partial charge in [-0.15, -0.1) is 13.2 Å². The Bertz CT molecular complexity index is 497. The third-order valence-electron chi connectivity index (χ3n) is 4.07. The lowest BCUT2D eigenvalue weighted by Crippen LogP contribution is -2.22. The molecule has 2 aliphatic heterocycles. The third kappa shape index (κ3) is 3.45. The van der Waals surface area contributed by atoms with Crippen molar-refractivity contribution in [2.75, 3.05) is 0 Å². The summed E-state index contributed by atoms with van der Waals surface area (Å²) in [6.45, 7) is 7.19.